The number of sulfone groups is 1. The lowest BCUT2D eigenvalue weighted by atomic mass is 10.2. The first-order valence-electron chi connectivity index (χ1n) is 9.95. The van der Waals surface area contributed by atoms with E-state index in [0.717, 1.165) is 19.3 Å². The van der Waals surface area contributed by atoms with E-state index in [1.165, 1.54) is 39.3 Å². The quantitative estimate of drug-likeness (QED) is 0.352. The molecule has 0 aliphatic rings. The number of nitrogens with zero attached hydrogens (tertiary/aromatic N) is 3. The number of aromatic nitrogens is 3. The largest absolute Gasteiger partial charge is 0.310 e. The van der Waals surface area contributed by atoms with Crippen molar-refractivity contribution in [1.29, 1.82) is 5.41 Å². The van der Waals surface area contributed by atoms with Crippen molar-refractivity contribution in [2.45, 2.75) is 42.5 Å². The molecule has 0 bridgehead atoms. The van der Waals surface area contributed by atoms with Gasteiger partial charge >= 0.3 is 0 Å². The van der Waals surface area contributed by atoms with Crippen LogP contribution >= 0.6 is 11.6 Å². The van der Waals surface area contributed by atoms with E-state index < -0.39 is 9.84 Å². The summed E-state index contributed by atoms with van der Waals surface area (Å²) in [5.74, 6) is 0. The van der Waals surface area contributed by atoms with E-state index in [1.54, 1.807) is 24.4 Å². The molecule has 160 valence electrons. The Morgan fingerprint density at radius 1 is 1.10 bits per heavy atom. The normalized spacial score (nSPS) is 11.9. The molecule has 0 unspecified atom stereocenters. The molecule has 0 amide bonds. The van der Waals surface area contributed by atoms with Crippen LogP contribution in [0.15, 0.2) is 69.3 Å². The highest BCUT2D eigenvalue weighted by Crippen LogP contribution is 2.22. The van der Waals surface area contributed by atoms with Crippen molar-refractivity contribution in [2.24, 2.45) is 0 Å². The van der Waals surface area contributed by atoms with Crippen LogP contribution in [0.5, 0.6) is 0 Å². The second-order valence-corrected chi connectivity index (χ2v) is 9.61. The minimum Gasteiger partial charge on any atom is -0.310 e. The first-order chi connectivity index (χ1) is 14.8. The Morgan fingerprint density at radius 2 is 1.84 bits per heavy atom. The standard InChI is InChI=1S/C22H21ClN4O3S/c1-2-3-5-13-27-20(24)18(31(29,30)16-10-8-15(23)9-11-16)14-17-21(27)25-19-7-4-6-12-26(19)22(17)28/h4,6-12,14,24H,2-3,5,13H2,1H3. The van der Waals surface area contributed by atoms with Gasteiger partial charge in [-0.1, -0.05) is 37.4 Å². The number of pyridine rings is 2. The maximum Gasteiger partial charge on any atom is 0.267 e. The summed E-state index contributed by atoms with van der Waals surface area (Å²) in [4.78, 5) is 17.5. The average molecular weight is 457 g/mol. The minimum absolute atomic E-state index is 0.0127. The van der Waals surface area contributed by atoms with Crippen LogP contribution in [0.3, 0.4) is 0 Å². The zero-order chi connectivity index (χ0) is 22.2. The number of benzene rings is 1. The number of halogens is 1. The Labute approximate surface area is 184 Å². The topological polar surface area (TPSA) is 97.3 Å². The molecule has 0 spiro atoms. The van der Waals surface area contributed by atoms with Crippen LogP contribution in [0.1, 0.15) is 26.2 Å². The third-order valence-electron chi connectivity index (χ3n) is 5.18. The fourth-order valence-corrected chi connectivity index (χ4v) is 5.06. The van der Waals surface area contributed by atoms with Crippen LogP contribution in [0.25, 0.3) is 16.7 Å². The predicted octanol–water partition coefficient (Wildman–Crippen LogP) is 3.81. The van der Waals surface area contributed by atoms with E-state index in [0.29, 0.717) is 22.9 Å². The molecule has 0 atom stereocenters. The van der Waals surface area contributed by atoms with Gasteiger partial charge in [-0.05, 0) is 48.9 Å². The molecule has 1 N–H and O–H groups in total. The van der Waals surface area contributed by atoms with Crippen LogP contribution in [0.2, 0.25) is 5.02 Å². The van der Waals surface area contributed by atoms with Crippen molar-refractivity contribution < 1.29 is 8.42 Å². The van der Waals surface area contributed by atoms with Gasteiger partial charge in [-0.25, -0.2) is 13.4 Å². The summed E-state index contributed by atoms with van der Waals surface area (Å²) in [6.45, 7) is 2.45. The number of unbranched alkanes of at least 4 members (excludes halogenated alkanes) is 2. The predicted molar refractivity (Wildman–Crippen MR) is 119 cm³/mol. The fraction of sp³-hybridized carbons (Fsp3) is 0.227. The maximum absolute atomic E-state index is 13.4. The molecule has 4 rings (SSSR count). The molecular formula is C22H21ClN4O3S. The summed E-state index contributed by atoms with van der Waals surface area (Å²) in [6, 6.07) is 12.2. The van der Waals surface area contributed by atoms with E-state index in [-0.39, 0.29) is 26.2 Å². The molecule has 0 aliphatic carbocycles. The molecule has 1 aromatic carbocycles. The first kappa shape index (κ1) is 21.3. The molecule has 0 radical (unpaired) electrons. The first-order valence-corrected chi connectivity index (χ1v) is 11.8. The summed E-state index contributed by atoms with van der Waals surface area (Å²) in [6.07, 6.45) is 4.21. The second-order valence-electron chi connectivity index (χ2n) is 7.26. The van der Waals surface area contributed by atoms with Gasteiger partial charge in [0.2, 0.25) is 9.84 Å². The van der Waals surface area contributed by atoms with E-state index in [2.05, 4.69) is 11.9 Å². The Kier molecular flexibility index (Phi) is 5.68. The zero-order valence-electron chi connectivity index (χ0n) is 16.9. The van der Waals surface area contributed by atoms with Crippen molar-refractivity contribution >= 4 is 38.1 Å². The summed E-state index contributed by atoms with van der Waals surface area (Å²) in [5, 5.41) is 9.26. The van der Waals surface area contributed by atoms with Gasteiger partial charge < -0.3 is 4.57 Å². The number of aryl methyl sites for hydroxylation is 1. The lowest BCUT2D eigenvalue weighted by Gasteiger charge is -2.15. The molecule has 3 aromatic heterocycles. The van der Waals surface area contributed by atoms with Gasteiger partial charge in [-0.2, -0.15) is 0 Å². The number of hydrogen-bond donors (Lipinski definition) is 1. The van der Waals surface area contributed by atoms with E-state index in [4.69, 9.17) is 17.0 Å². The van der Waals surface area contributed by atoms with Crippen molar-refractivity contribution in [3.8, 4) is 0 Å². The van der Waals surface area contributed by atoms with Gasteiger partial charge in [0.15, 0.2) is 0 Å². The van der Waals surface area contributed by atoms with Gasteiger partial charge in [0.05, 0.1) is 10.3 Å². The number of fused-ring (bicyclic) bond motifs is 2. The SMILES string of the molecule is CCCCCn1c(=N)c(S(=O)(=O)c2ccc(Cl)cc2)cc2c(=O)n3ccccc3nc21. The highest BCUT2D eigenvalue weighted by atomic mass is 35.5. The molecule has 0 saturated heterocycles. The van der Waals surface area contributed by atoms with Gasteiger partial charge in [-0.15, -0.1) is 0 Å². The molecule has 7 nitrogen and oxygen atoms in total. The fourth-order valence-electron chi connectivity index (χ4n) is 3.54. The van der Waals surface area contributed by atoms with Gasteiger partial charge in [0.1, 0.15) is 21.7 Å². The van der Waals surface area contributed by atoms with Crippen LogP contribution in [-0.4, -0.2) is 22.4 Å². The smallest absolute Gasteiger partial charge is 0.267 e. The molecule has 4 aromatic rings. The summed E-state index contributed by atoms with van der Waals surface area (Å²) >= 11 is 5.90. The third kappa shape index (κ3) is 3.77. The van der Waals surface area contributed by atoms with E-state index in [9.17, 15) is 13.2 Å². The molecule has 0 aliphatic heterocycles. The summed E-state index contributed by atoms with van der Waals surface area (Å²) in [7, 11) is -4.04. The van der Waals surface area contributed by atoms with Crippen molar-refractivity contribution in [3.63, 3.8) is 0 Å². The summed E-state index contributed by atoms with van der Waals surface area (Å²) < 4.78 is 29.6. The van der Waals surface area contributed by atoms with Gasteiger partial charge in [0, 0.05) is 17.8 Å². The molecule has 0 saturated carbocycles. The third-order valence-corrected chi connectivity index (χ3v) is 7.22. The lowest BCUT2D eigenvalue weighted by molar-refractivity contribution is 0.570. The van der Waals surface area contributed by atoms with Gasteiger partial charge in [-0.3, -0.25) is 14.6 Å². The molecule has 3 heterocycles. The van der Waals surface area contributed by atoms with Crippen molar-refractivity contribution in [2.75, 3.05) is 0 Å². The maximum atomic E-state index is 13.4. The second kappa shape index (κ2) is 8.28. The Bertz CT molecular complexity index is 1510. The molecule has 9 heteroatoms. The number of nitrogens with one attached hydrogen (secondary N) is 1. The molecule has 31 heavy (non-hydrogen) atoms. The van der Waals surface area contributed by atoms with E-state index in [1.807, 2.05) is 0 Å². The Hall–Kier alpha value is -2.97. The van der Waals surface area contributed by atoms with Crippen molar-refractivity contribution in [3.05, 3.63) is 75.6 Å². The van der Waals surface area contributed by atoms with Crippen LogP contribution < -0.4 is 11.0 Å². The number of rotatable bonds is 6. The number of hydrogen-bond acceptors (Lipinski definition) is 5. The van der Waals surface area contributed by atoms with Gasteiger partial charge in [0.25, 0.3) is 5.56 Å². The highest BCUT2D eigenvalue weighted by Gasteiger charge is 2.24. The molecule has 0 fully saturated rings. The summed E-state index contributed by atoms with van der Waals surface area (Å²) in [5.41, 5.74) is 0.187. The zero-order valence-corrected chi connectivity index (χ0v) is 18.4. The minimum atomic E-state index is -4.04. The lowest BCUT2D eigenvalue weighted by Crippen LogP contribution is -2.30. The Morgan fingerprint density at radius 3 is 2.55 bits per heavy atom. The molecular weight excluding hydrogens is 436 g/mol. The Balaban J connectivity index is 2.06. The highest BCUT2D eigenvalue weighted by molar-refractivity contribution is 7.91. The monoisotopic (exact) mass is 456 g/mol. The van der Waals surface area contributed by atoms with E-state index >= 15 is 0 Å². The van der Waals surface area contributed by atoms with Crippen LogP contribution in [-0.2, 0) is 16.4 Å². The van der Waals surface area contributed by atoms with Crippen molar-refractivity contribution in [1.82, 2.24) is 14.0 Å². The average Bonchev–Trinajstić information content (AvgIpc) is 2.76. The van der Waals surface area contributed by atoms with Crippen LogP contribution in [0, 0.1) is 5.41 Å². The van der Waals surface area contributed by atoms with Crippen LogP contribution in [0.4, 0.5) is 0 Å².